The van der Waals surface area contributed by atoms with Gasteiger partial charge in [-0.25, -0.2) is 13.2 Å². The maximum Gasteiger partial charge on any atom is 0.338 e. The Morgan fingerprint density at radius 3 is 2.53 bits per heavy atom. The lowest BCUT2D eigenvalue weighted by Crippen LogP contribution is -2.25. The number of carbonyl (C=O) groups excluding carboxylic acids is 3. The number of benzene rings is 3. The van der Waals surface area contributed by atoms with Crippen molar-refractivity contribution in [1.29, 1.82) is 0 Å². The smallest absolute Gasteiger partial charge is 0.338 e. The van der Waals surface area contributed by atoms with E-state index in [1.54, 1.807) is 13.0 Å². The highest BCUT2D eigenvalue weighted by Gasteiger charge is 2.23. The fourth-order valence-electron chi connectivity index (χ4n) is 3.26. The predicted molar refractivity (Wildman–Crippen MR) is 134 cm³/mol. The molecule has 0 aliphatic carbocycles. The summed E-state index contributed by atoms with van der Waals surface area (Å²) in [5.74, 6) is -1.40. The third-order valence-electron chi connectivity index (χ3n) is 5.15. The van der Waals surface area contributed by atoms with E-state index in [0.29, 0.717) is 16.5 Å². The molecule has 0 bridgehead atoms. The zero-order valence-electron chi connectivity index (χ0n) is 18.6. The minimum absolute atomic E-state index is 0.119. The maximum absolute atomic E-state index is 12.9. The second-order valence-electron chi connectivity index (χ2n) is 7.76. The summed E-state index contributed by atoms with van der Waals surface area (Å²) >= 11 is 12.2. The molecule has 0 fully saturated rings. The monoisotopic (exact) mass is 548 g/mol. The number of esters is 1. The van der Waals surface area contributed by atoms with E-state index in [-0.39, 0.29) is 39.2 Å². The molecule has 1 aliphatic rings. The van der Waals surface area contributed by atoms with E-state index in [0.717, 1.165) is 11.6 Å². The maximum atomic E-state index is 12.9. The van der Waals surface area contributed by atoms with Gasteiger partial charge in [0.1, 0.15) is 10.6 Å². The van der Waals surface area contributed by atoms with Gasteiger partial charge in [-0.15, -0.1) is 0 Å². The highest BCUT2D eigenvalue weighted by Crippen LogP contribution is 2.29. The summed E-state index contributed by atoms with van der Waals surface area (Å²) < 4.78 is 38.5. The lowest BCUT2D eigenvalue weighted by atomic mass is 10.1. The molecular formula is C24H18Cl2N2O7S. The summed E-state index contributed by atoms with van der Waals surface area (Å²) in [4.78, 5) is 36.2. The summed E-state index contributed by atoms with van der Waals surface area (Å²) in [5.41, 5.74) is 1.38. The van der Waals surface area contributed by atoms with Crippen molar-refractivity contribution in [2.24, 2.45) is 0 Å². The van der Waals surface area contributed by atoms with E-state index in [1.165, 1.54) is 42.5 Å². The molecule has 0 spiro atoms. The molecule has 4 rings (SSSR count). The standard InChI is InChI=1S/C24H18Cl2N2O7S/c1-13-2-5-16(10-18(13)26)28-36(32,33)22-9-15(3-6-17(22)25)24(31)35-11-20(29)14-4-7-21-19(8-14)27-23(30)12-34-21/h2-10,28H,11-12H2,1H3,(H,27,30). The van der Waals surface area contributed by atoms with Gasteiger partial charge in [-0.05, 0) is 61.0 Å². The molecular weight excluding hydrogens is 531 g/mol. The molecule has 1 amide bonds. The predicted octanol–water partition coefficient (Wildman–Crippen LogP) is 4.47. The first-order valence-electron chi connectivity index (χ1n) is 10.4. The Kier molecular flexibility index (Phi) is 7.21. The van der Waals surface area contributed by atoms with Crippen molar-refractivity contribution in [3.63, 3.8) is 0 Å². The number of amides is 1. The normalized spacial score (nSPS) is 12.7. The zero-order chi connectivity index (χ0) is 26.0. The summed E-state index contributed by atoms with van der Waals surface area (Å²) in [6, 6.07) is 12.6. The molecule has 0 atom stereocenters. The second-order valence-corrected chi connectivity index (χ2v) is 10.2. The van der Waals surface area contributed by atoms with Gasteiger partial charge in [0.15, 0.2) is 19.0 Å². The molecule has 3 aromatic carbocycles. The van der Waals surface area contributed by atoms with Crippen LogP contribution in [-0.2, 0) is 19.6 Å². The number of fused-ring (bicyclic) bond motifs is 1. The molecule has 3 aromatic rings. The van der Waals surface area contributed by atoms with Crippen LogP contribution < -0.4 is 14.8 Å². The Balaban J connectivity index is 1.47. The first-order chi connectivity index (χ1) is 17.0. The Morgan fingerprint density at radius 1 is 1.03 bits per heavy atom. The van der Waals surface area contributed by atoms with Gasteiger partial charge in [0, 0.05) is 10.6 Å². The molecule has 9 nitrogen and oxygen atoms in total. The van der Waals surface area contributed by atoms with Crippen LogP contribution in [0.2, 0.25) is 10.0 Å². The van der Waals surface area contributed by atoms with Gasteiger partial charge in [-0.3, -0.25) is 14.3 Å². The average molecular weight is 549 g/mol. The van der Waals surface area contributed by atoms with Crippen LogP contribution >= 0.6 is 23.2 Å². The summed E-state index contributed by atoms with van der Waals surface area (Å²) in [7, 11) is -4.18. The summed E-state index contributed by atoms with van der Waals surface area (Å²) in [6.07, 6.45) is 0. The number of anilines is 2. The van der Waals surface area contributed by atoms with Crippen molar-refractivity contribution in [3.05, 3.63) is 81.3 Å². The zero-order valence-corrected chi connectivity index (χ0v) is 21.0. The molecule has 2 N–H and O–H groups in total. The van der Waals surface area contributed by atoms with Crippen LogP contribution in [0.3, 0.4) is 0 Å². The van der Waals surface area contributed by atoms with E-state index in [9.17, 15) is 22.8 Å². The molecule has 1 heterocycles. The Hall–Kier alpha value is -3.60. The average Bonchev–Trinajstić information content (AvgIpc) is 2.84. The van der Waals surface area contributed by atoms with Crippen molar-refractivity contribution >= 4 is 62.3 Å². The number of nitrogens with one attached hydrogen (secondary N) is 2. The van der Waals surface area contributed by atoms with E-state index >= 15 is 0 Å². The molecule has 0 saturated carbocycles. The molecule has 0 saturated heterocycles. The van der Waals surface area contributed by atoms with E-state index in [1.807, 2.05) is 0 Å². The Bertz CT molecular complexity index is 1510. The number of ketones is 1. The number of hydrogen-bond acceptors (Lipinski definition) is 7. The lowest BCUT2D eigenvalue weighted by Gasteiger charge is -2.18. The Labute approximate surface area is 216 Å². The molecule has 0 radical (unpaired) electrons. The van der Waals surface area contributed by atoms with Crippen LogP contribution in [0.15, 0.2) is 59.5 Å². The van der Waals surface area contributed by atoms with Crippen LogP contribution in [-0.4, -0.2) is 39.3 Å². The molecule has 0 unspecified atom stereocenters. The van der Waals surface area contributed by atoms with Gasteiger partial charge in [-0.1, -0.05) is 29.3 Å². The lowest BCUT2D eigenvalue weighted by molar-refractivity contribution is -0.118. The first kappa shape index (κ1) is 25.5. The van der Waals surface area contributed by atoms with Gasteiger partial charge in [0.2, 0.25) is 0 Å². The van der Waals surface area contributed by atoms with Crippen LogP contribution in [0.4, 0.5) is 11.4 Å². The highest BCUT2D eigenvalue weighted by molar-refractivity contribution is 7.92. The Morgan fingerprint density at radius 2 is 1.78 bits per heavy atom. The van der Waals surface area contributed by atoms with E-state index < -0.39 is 28.4 Å². The number of ether oxygens (including phenoxy) is 2. The minimum Gasteiger partial charge on any atom is -0.482 e. The van der Waals surface area contributed by atoms with Crippen LogP contribution in [0.5, 0.6) is 5.75 Å². The molecule has 12 heteroatoms. The van der Waals surface area contributed by atoms with Crippen molar-refractivity contribution in [2.45, 2.75) is 11.8 Å². The number of aryl methyl sites for hydroxylation is 1. The van der Waals surface area contributed by atoms with E-state index in [2.05, 4.69) is 10.0 Å². The first-order valence-corrected chi connectivity index (χ1v) is 12.6. The fraction of sp³-hybridized carbons (Fsp3) is 0.125. The summed E-state index contributed by atoms with van der Waals surface area (Å²) in [6.45, 7) is 1.04. The van der Waals surface area contributed by atoms with Gasteiger partial charge in [0.05, 0.1) is 22.0 Å². The minimum atomic E-state index is -4.18. The number of sulfonamides is 1. The van der Waals surface area contributed by atoms with Gasteiger partial charge in [-0.2, -0.15) is 0 Å². The van der Waals surface area contributed by atoms with Crippen molar-refractivity contribution in [1.82, 2.24) is 0 Å². The number of halogens is 2. The van der Waals surface area contributed by atoms with Crippen molar-refractivity contribution < 1.29 is 32.3 Å². The number of Topliss-reactive ketones (excluding diaryl/α,β-unsaturated/α-hetero) is 1. The third-order valence-corrected chi connectivity index (χ3v) is 7.42. The molecule has 1 aliphatic heterocycles. The largest absolute Gasteiger partial charge is 0.482 e. The fourth-order valence-corrected chi connectivity index (χ4v) is 5.01. The van der Waals surface area contributed by atoms with Gasteiger partial charge in [0.25, 0.3) is 15.9 Å². The highest BCUT2D eigenvalue weighted by atomic mass is 35.5. The van der Waals surface area contributed by atoms with Crippen LogP contribution in [0.1, 0.15) is 26.3 Å². The topological polar surface area (TPSA) is 128 Å². The van der Waals surface area contributed by atoms with Crippen molar-refractivity contribution in [2.75, 3.05) is 23.3 Å². The van der Waals surface area contributed by atoms with Crippen LogP contribution in [0, 0.1) is 6.92 Å². The number of carbonyl (C=O) groups is 3. The van der Waals surface area contributed by atoms with Crippen molar-refractivity contribution in [3.8, 4) is 5.75 Å². The van der Waals surface area contributed by atoms with Crippen LogP contribution in [0.25, 0.3) is 0 Å². The third kappa shape index (κ3) is 5.62. The molecule has 186 valence electrons. The number of hydrogen-bond donors (Lipinski definition) is 2. The van der Waals surface area contributed by atoms with E-state index in [4.69, 9.17) is 32.7 Å². The molecule has 0 aromatic heterocycles. The second kappa shape index (κ2) is 10.2. The van der Waals surface area contributed by atoms with Gasteiger partial charge >= 0.3 is 5.97 Å². The quantitative estimate of drug-likeness (QED) is 0.329. The number of rotatable bonds is 7. The summed E-state index contributed by atoms with van der Waals surface area (Å²) in [5, 5.41) is 2.84. The molecule has 36 heavy (non-hydrogen) atoms. The SMILES string of the molecule is Cc1ccc(NS(=O)(=O)c2cc(C(=O)OCC(=O)c3ccc4c(c3)NC(=O)CO4)ccc2Cl)cc1Cl. The van der Waals surface area contributed by atoms with Gasteiger partial charge < -0.3 is 14.8 Å².